The zero-order chi connectivity index (χ0) is 12.8. The second kappa shape index (κ2) is 6.85. The van der Waals surface area contributed by atoms with Gasteiger partial charge in [0.05, 0.1) is 13.2 Å². The van der Waals surface area contributed by atoms with Crippen molar-refractivity contribution < 1.29 is 14.9 Å². The van der Waals surface area contributed by atoms with Gasteiger partial charge < -0.3 is 14.9 Å². The first-order chi connectivity index (χ1) is 8.79. The van der Waals surface area contributed by atoms with Crippen molar-refractivity contribution in [2.24, 2.45) is 5.41 Å². The van der Waals surface area contributed by atoms with E-state index in [1.165, 1.54) is 25.7 Å². The summed E-state index contributed by atoms with van der Waals surface area (Å²) in [6, 6.07) is 0.614. The molecule has 2 N–H and O–H groups in total. The third kappa shape index (κ3) is 3.44. The van der Waals surface area contributed by atoms with Crippen LogP contribution in [0.25, 0.3) is 0 Å². The van der Waals surface area contributed by atoms with Gasteiger partial charge in [0, 0.05) is 37.8 Å². The molecule has 4 nitrogen and oxygen atoms in total. The van der Waals surface area contributed by atoms with Crippen LogP contribution in [0.2, 0.25) is 0 Å². The molecule has 1 saturated heterocycles. The van der Waals surface area contributed by atoms with Crippen LogP contribution in [0.4, 0.5) is 0 Å². The zero-order valence-corrected chi connectivity index (χ0v) is 11.3. The summed E-state index contributed by atoms with van der Waals surface area (Å²) in [5.41, 5.74) is -0.00396. The van der Waals surface area contributed by atoms with Gasteiger partial charge >= 0.3 is 0 Å². The van der Waals surface area contributed by atoms with E-state index in [0.717, 1.165) is 39.1 Å². The van der Waals surface area contributed by atoms with Crippen LogP contribution in [0.5, 0.6) is 0 Å². The average Bonchev–Trinajstić information content (AvgIpc) is 2.93. The Bertz CT molecular complexity index is 235. The van der Waals surface area contributed by atoms with Crippen LogP contribution in [0, 0.1) is 5.41 Å². The van der Waals surface area contributed by atoms with Crippen LogP contribution in [-0.2, 0) is 4.74 Å². The molecule has 0 atom stereocenters. The second-order valence-electron chi connectivity index (χ2n) is 5.90. The van der Waals surface area contributed by atoms with Crippen molar-refractivity contribution in [3.8, 4) is 0 Å². The highest BCUT2D eigenvalue weighted by atomic mass is 16.5. The third-order valence-corrected chi connectivity index (χ3v) is 4.66. The molecule has 1 aliphatic heterocycles. The van der Waals surface area contributed by atoms with Gasteiger partial charge in [-0.25, -0.2) is 0 Å². The standard InChI is InChI=1S/C14H27NO3/c16-8-7-15(13-3-1-2-4-13)11-14(12-17)5-9-18-10-6-14/h13,16-17H,1-12H2. The van der Waals surface area contributed by atoms with Gasteiger partial charge in [0.25, 0.3) is 0 Å². The lowest BCUT2D eigenvalue weighted by molar-refractivity contribution is -0.0424. The van der Waals surface area contributed by atoms with E-state index in [9.17, 15) is 10.2 Å². The SMILES string of the molecule is OCCN(CC1(CO)CCOCC1)C1CCCC1. The molecule has 0 spiro atoms. The van der Waals surface area contributed by atoms with Crippen molar-refractivity contribution in [2.45, 2.75) is 44.6 Å². The monoisotopic (exact) mass is 257 g/mol. The fourth-order valence-electron chi connectivity index (χ4n) is 3.39. The predicted octanol–water partition coefficient (Wildman–Crippen LogP) is 1.01. The highest BCUT2D eigenvalue weighted by molar-refractivity contribution is 4.88. The number of aliphatic hydroxyl groups excluding tert-OH is 2. The summed E-state index contributed by atoms with van der Waals surface area (Å²) in [5.74, 6) is 0. The van der Waals surface area contributed by atoms with Crippen LogP contribution in [0.1, 0.15) is 38.5 Å². The Hall–Kier alpha value is -0.160. The molecule has 18 heavy (non-hydrogen) atoms. The molecular formula is C14H27NO3. The summed E-state index contributed by atoms with van der Waals surface area (Å²) in [7, 11) is 0. The van der Waals surface area contributed by atoms with E-state index >= 15 is 0 Å². The Labute approximate surface area is 110 Å². The molecule has 1 heterocycles. The summed E-state index contributed by atoms with van der Waals surface area (Å²) >= 11 is 0. The van der Waals surface area contributed by atoms with E-state index in [1.54, 1.807) is 0 Å². The Morgan fingerprint density at radius 2 is 1.78 bits per heavy atom. The van der Waals surface area contributed by atoms with Crippen molar-refractivity contribution in [3.63, 3.8) is 0 Å². The first-order valence-corrected chi connectivity index (χ1v) is 7.33. The van der Waals surface area contributed by atoms with Crippen LogP contribution < -0.4 is 0 Å². The summed E-state index contributed by atoms with van der Waals surface area (Å²) in [6.45, 7) is 3.64. The van der Waals surface area contributed by atoms with E-state index in [0.29, 0.717) is 6.04 Å². The molecule has 2 fully saturated rings. The first-order valence-electron chi connectivity index (χ1n) is 7.33. The molecule has 2 aliphatic rings. The van der Waals surface area contributed by atoms with Crippen molar-refractivity contribution in [2.75, 3.05) is 39.5 Å². The molecule has 0 amide bonds. The van der Waals surface area contributed by atoms with Gasteiger partial charge in [0.2, 0.25) is 0 Å². The van der Waals surface area contributed by atoms with E-state index in [1.807, 2.05) is 0 Å². The Balaban J connectivity index is 1.96. The van der Waals surface area contributed by atoms with Crippen molar-refractivity contribution >= 4 is 0 Å². The third-order valence-electron chi connectivity index (χ3n) is 4.66. The molecule has 0 aromatic heterocycles. The number of rotatable bonds is 6. The summed E-state index contributed by atoms with van der Waals surface area (Å²) in [6.07, 6.45) is 7.00. The van der Waals surface area contributed by atoms with Crippen molar-refractivity contribution in [3.05, 3.63) is 0 Å². The maximum atomic E-state index is 9.76. The van der Waals surface area contributed by atoms with E-state index in [4.69, 9.17) is 4.74 Å². The lowest BCUT2D eigenvalue weighted by Gasteiger charge is -2.41. The summed E-state index contributed by atoms with van der Waals surface area (Å²) in [4.78, 5) is 2.41. The molecule has 2 rings (SSSR count). The van der Waals surface area contributed by atoms with Gasteiger partial charge in [-0.2, -0.15) is 0 Å². The predicted molar refractivity (Wildman–Crippen MR) is 70.5 cm³/mol. The normalized spacial score (nSPS) is 24.8. The smallest absolute Gasteiger partial charge is 0.0558 e. The van der Waals surface area contributed by atoms with E-state index in [2.05, 4.69) is 4.90 Å². The molecule has 0 aromatic rings. The molecule has 106 valence electrons. The average molecular weight is 257 g/mol. The van der Waals surface area contributed by atoms with Crippen LogP contribution >= 0.6 is 0 Å². The van der Waals surface area contributed by atoms with E-state index in [-0.39, 0.29) is 18.6 Å². The van der Waals surface area contributed by atoms with Crippen LogP contribution in [0.15, 0.2) is 0 Å². The fourth-order valence-corrected chi connectivity index (χ4v) is 3.39. The molecule has 0 unspecified atom stereocenters. The fraction of sp³-hybridized carbons (Fsp3) is 1.00. The molecule has 1 saturated carbocycles. The second-order valence-corrected chi connectivity index (χ2v) is 5.90. The summed E-state index contributed by atoms with van der Waals surface area (Å²) < 4.78 is 5.41. The van der Waals surface area contributed by atoms with Gasteiger partial charge in [0.1, 0.15) is 0 Å². The molecule has 0 aromatic carbocycles. The summed E-state index contributed by atoms with van der Waals surface area (Å²) in [5, 5.41) is 19.0. The first kappa shape index (κ1) is 14.3. The molecular weight excluding hydrogens is 230 g/mol. The van der Waals surface area contributed by atoms with Crippen LogP contribution in [0.3, 0.4) is 0 Å². The highest BCUT2D eigenvalue weighted by Crippen LogP contribution is 2.33. The van der Waals surface area contributed by atoms with Crippen LogP contribution in [-0.4, -0.2) is 60.7 Å². The maximum absolute atomic E-state index is 9.76. The van der Waals surface area contributed by atoms with Gasteiger partial charge in [-0.05, 0) is 25.7 Å². The largest absolute Gasteiger partial charge is 0.396 e. The Kier molecular flexibility index (Phi) is 5.42. The quantitative estimate of drug-likeness (QED) is 0.746. The molecule has 0 bridgehead atoms. The minimum atomic E-state index is -0.00396. The lowest BCUT2D eigenvalue weighted by Crippen LogP contribution is -2.48. The van der Waals surface area contributed by atoms with E-state index < -0.39 is 0 Å². The number of ether oxygens (including phenoxy) is 1. The Morgan fingerprint density at radius 3 is 2.33 bits per heavy atom. The van der Waals surface area contributed by atoms with Gasteiger partial charge in [0.15, 0.2) is 0 Å². The lowest BCUT2D eigenvalue weighted by atomic mass is 9.80. The number of nitrogens with zero attached hydrogens (tertiary/aromatic N) is 1. The van der Waals surface area contributed by atoms with Gasteiger partial charge in [-0.3, -0.25) is 4.90 Å². The minimum absolute atomic E-state index is 0.00396. The topological polar surface area (TPSA) is 52.9 Å². The van der Waals surface area contributed by atoms with Gasteiger partial charge in [-0.15, -0.1) is 0 Å². The molecule has 1 aliphatic carbocycles. The number of aliphatic hydroxyl groups is 2. The number of hydrogen-bond acceptors (Lipinski definition) is 4. The number of hydrogen-bond donors (Lipinski definition) is 2. The highest BCUT2D eigenvalue weighted by Gasteiger charge is 2.36. The Morgan fingerprint density at radius 1 is 1.11 bits per heavy atom. The van der Waals surface area contributed by atoms with Gasteiger partial charge in [-0.1, -0.05) is 12.8 Å². The van der Waals surface area contributed by atoms with Crippen molar-refractivity contribution in [1.29, 1.82) is 0 Å². The minimum Gasteiger partial charge on any atom is -0.396 e. The zero-order valence-electron chi connectivity index (χ0n) is 11.3. The van der Waals surface area contributed by atoms with Crippen molar-refractivity contribution in [1.82, 2.24) is 4.90 Å². The maximum Gasteiger partial charge on any atom is 0.0558 e. The molecule has 4 heteroatoms. The molecule has 0 radical (unpaired) electrons.